The van der Waals surface area contributed by atoms with E-state index in [1.807, 2.05) is 0 Å². The lowest BCUT2D eigenvalue weighted by Crippen LogP contribution is -2.15. The SMILES string of the molecule is COc1ccc(-n2nc(N)[nH]c2=O)cc1. The van der Waals surface area contributed by atoms with Gasteiger partial charge >= 0.3 is 5.69 Å². The first kappa shape index (κ1) is 9.32. The third kappa shape index (κ3) is 1.69. The molecule has 1 aromatic carbocycles. The topological polar surface area (TPSA) is 85.9 Å². The summed E-state index contributed by atoms with van der Waals surface area (Å²) in [5.74, 6) is 0.811. The Morgan fingerprint density at radius 3 is 2.53 bits per heavy atom. The highest BCUT2D eigenvalue weighted by atomic mass is 16.5. The van der Waals surface area contributed by atoms with Crippen LogP contribution in [0, 0.1) is 0 Å². The number of ether oxygens (including phenoxy) is 1. The van der Waals surface area contributed by atoms with Crippen molar-refractivity contribution in [2.45, 2.75) is 0 Å². The van der Waals surface area contributed by atoms with Crippen molar-refractivity contribution in [3.05, 3.63) is 34.7 Å². The van der Waals surface area contributed by atoms with Crippen LogP contribution in [0.3, 0.4) is 0 Å². The molecule has 1 aromatic heterocycles. The molecule has 78 valence electrons. The molecule has 6 heteroatoms. The van der Waals surface area contributed by atoms with Gasteiger partial charge in [0.15, 0.2) is 0 Å². The first-order valence-corrected chi connectivity index (χ1v) is 4.30. The van der Waals surface area contributed by atoms with Crippen LogP contribution in [0.4, 0.5) is 5.95 Å². The number of nitrogens with zero attached hydrogens (tertiary/aromatic N) is 2. The zero-order valence-corrected chi connectivity index (χ0v) is 8.10. The van der Waals surface area contributed by atoms with Gasteiger partial charge in [0.1, 0.15) is 5.75 Å². The standard InChI is InChI=1S/C9H10N4O2/c1-15-7-4-2-6(3-5-7)13-9(14)11-8(10)12-13/h2-5H,1H3,(H3,10,11,12,14). The lowest BCUT2D eigenvalue weighted by Gasteiger charge is -2.01. The number of nitrogens with two attached hydrogens (primary N) is 1. The highest BCUT2D eigenvalue weighted by molar-refractivity contribution is 5.36. The second kappa shape index (κ2) is 3.49. The van der Waals surface area contributed by atoms with Crippen LogP contribution in [-0.2, 0) is 0 Å². The van der Waals surface area contributed by atoms with Crippen LogP contribution in [0.15, 0.2) is 29.1 Å². The maximum Gasteiger partial charge on any atom is 0.349 e. The minimum Gasteiger partial charge on any atom is -0.497 e. The Hall–Kier alpha value is -2.24. The van der Waals surface area contributed by atoms with Gasteiger partial charge in [-0.2, -0.15) is 4.68 Å². The molecule has 2 rings (SSSR count). The second-order valence-electron chi connectivity index (χ2n) is 2.93. The Kier molecular flexibility index (Phi) is 2.17. The number of anilines is 1. The fourth-order valence-corrected chi connectivity index (χ4v) is 1.24. The second-order valence-corrected chi connectivity index (χ2v) is 2.93. The monoisotopic (exact) mass is 206 g/mol. The first-order chi connectivity index (χ1) is 7.20. The molecule has 2 aromatic rings. The minimum absolute atomic E-state index is 0.0934. The molecule has 0 amide bonds. The van der Waals surface area contributed by atoms with Crippen molar-refractivity contribution in [2.24, 2.45) is 0 Å². The van der Waals surface area contributed by atoms with Crippen LogP contribution < -0.4 is 16.2 Å². The molecular formula is C9H10N4O2. The molecule has 0 fully saturated rings. The molecule has 3 N–H and O–H groups in total. The van der Waals surface area contributed by atoms with Crippen molar-refractivity contribution in [3.63, 3.8) is 0 Å². The van der Waals surface area contributed by atoms with Crippen molar-refractivity contribution in [2.75, 3.05) is 12.8 Å². The van der Waals surface area contributed by atoms with E-state index in [9.17, 15) is 4.79 Å². The molecule has 0 aliphatic carbocycles. The predicted octanol–water partition coefficient (Wildman–Crippen LogP) is 0.151. The summed E-state index contributed by atoms with van der Waals surface area (Å²) in [5.41, 5.74) is 5.63. The zero-order valence-electron chi connectivity index (χ0n) is 8.10. The normalized spacial score (nSPS) is 10.2. The molecule has 6 nitrogen and oxygen atoms in total. The summed E-state index contributed by atoms with van der Waals surface area (Å²) in [7, 11) is 1.58. The number of aromatic nitrogens is 3. The average molecular weight is 206 g/mol. The van der Waals surface area contributed by atoms with Gasteiger partial charge in [-0.1, -0.05) is 0 Å². The maximum absolute atomic E-state index is 11.3. The van der Waals surface area contributed by atoms with Gasteiger partial charge in [0.25, 0.3) is 0 Å². The molecule has 0 aliphatic rings. The van der Waals surface area contributed by atoms with Gasteiger partial charge in [0.2, 0.25) is 5.95 Å². The molecule has 15 heavy (non-hydrogen) atoms. The fourth-order valence-electron chi connectivity index (χ4n) is 1.24. The Balaban J connectivity index is 2.45. The van der Waals surface area contributed by atoms with Gasteiger partial charge in [-0.15, -0.1) is 5.10 Å². The fraction of sp³-hybridized carbons (Fsp3) is 0.111. The molecule has 0 saturated heterocycles. The molecule has 0 atom stereocenters. The van der Waals surface area contributed by atoms with Crippen LogP contribution >= 0.6 is 0 Å². The summed E-state index contributed by atoms with van der Waals surface area (Å²) in [5, 5.41) is 3.82. The van der Waals surface area contributed by atoms with Gasteiger partial charge in [-0.05, 0) is 24.3 Å². The first-order valence-electron chi connectivity index (χ1n) is 4.30. The van der Waals surface area contributed by atoms with E-state index >= 15 is 0 Å². The van der Waals surface area contributed by atoms with Crippen molar-refractivity contribution in [3.8, 4) is 11.4 Å². The Labute approximate surface area is 85.3 Å². The number of rotatable bonds is 2. The average Bonchev–Trinajstić information content (AvgIpc) is 2.58. The van der Waals surface area contributed by atoms with Gasteiger partial charge in [-0.3, -0.25) is 4.98 Å². The Morgan fingerprint density at radius 2 is 2.07 bits per heavy atom. The number of methoxy groups -OCH3 is 1. The highest BCUT2D eigenvalue weighted by Gasteiger charge is 2.04. The number of aromatic amines is 1. The quantitative estimate of drug-likeness (QED) is 0.732. The minimum atomic E-state index is -0.363. The number of nitrogens with one attached hydrogen (secondary N) is 1. The van der Waals surface area contributed by atoms with Gasteiger partial charge < -0.3 is 10.5 Å². The van der Waals surface area contributed by atoms with Crippen LogP contribution in [0.5, 0.6) is 5.75 Å². The number of hydrogen-bond donors (Lipinski definition) is 2. The van der Waals surface area contributed by atoms with Crippen molar-refractivity contribution in [1.29, 1.82) is 0 Å². The lowest BCUT2D eigenvalue weighted by molar-refractivity contribution is 0.414. The van der Waals surface area contributed by atoms with Gasteiger partial charge in [0, 0.05) is 0 Å². The zero-order chi connectivity index (χ0) is 10.8. The molecule has 0 saturated carbocycles. The van der Waals surface area contributed by atoms with E-state index in [-0.39, 0.29) is 11.6 Å². The van der Waals surface area contributed by atoms with Gasteiger partial charge in [-0.25, -0.2) is 4.79 Å². The van der Waals surface area contributed by atoms with E-state index in [1.54, 1.807) is 31.4 Å². The molecule has 0 aliphatic heterocycles. The Morgan fingerprint density at radius 1 is 1.40 bits per heavy atom. The third-order valence-electron chi connectivity index (χ3n) is 1.95. The van der Waals surface area contributed by atoms with E-state index in [0.29, 0.717) is 5.69 Å². The lowest BCUT2D eigenvalue weighted by atomic mass is 10.3. The van der Waals surface area contributed by atoms with Crippen molar-refractivity contribution < 1.29 is 4.74 Å². The summed E-state index contributed by atoms with van der Waals surface area (Å²) in [6.07, 6.45) is 0. The predicted molar refractivity (Wildman–Crippen MR) is 55.1 cm³/mol. The van der Waals surface area contributed by atoms with Crippen LogP contribution in [0.1, 0.15) is 0 Å². The van der Waals surface area contributed by atoms with Crippen LogP contribution in [0.25, 0.3) is 5.69 Å². The summed E-state index contributed by atoms with van der Waals surface area (Å²) in [4.78, 5) is 13.7. The molecule has 0 bridgehead atoms. The molecule has 0 radical (unpaired) electrons. The number of H-pyrrole nitrogens is 1. The highest BCUT2D eigenvalue weighted by Crippen LogP contribution is 2.12. The summed E-state index contributed by atoms with van der Waals surface area (Å²) >= 11 is 0. The smallest absolute Gasteiger partial charge is 0.349 e. The molecular weight excluding hydrogens is 196 g/mol. The number of nitrogen functional groups attached to an aromatic ring is 1. The maximum atomic E-state index is 11.3. The largest absolute Gasteiger partial charge is 0.497 e. The number of hydrogen-bond acceptors (Lipinski definition) is 4. The van der Waals surface area contributed by atoms with Crippen molar-refractivity contribution >= 4 is 5.95 Å². The van der Waals surface area contributed by atoms with Crippen molar-refractivity contribution in [1.82, 2.24) is 14.8 Å². The molecule has 1 heterocycles. The summed E-state index contributed by atoms with van der Waals surface area (Å²) in [6, 6.07) is 6.93. The summed E-state index contributed by atoms with van der Waals surface area (Å²) < 4.78 is 6.19. The van der Waals surface area contributed by atoms with Gasteiger partial charge in [0.05, 0.1) is 12.8 Å². The number of benzene rings is 1. The van der Waals surface area contributed by atoms with E-state index in [0.717, 1.165) is 5.75 Å². The van der Waals surface area contributed by atoms with E-state index in [1.165, 1.54) is 4.68 Å². The van der Waals surface area contributed by atoms with E-state index in [4.69, 9.17) is 10.5 Å². The third-order valence-corrected chi connectivity index (χ3v) is 1.95. The van der Waals surface area contributed by atoms with E-state index in [2.05, 4.69) is 10.1 Å². The van der Waals surface area contributed by atoms with Crippen LogP contribution in [0.2, 0.25) is 0 Å². The Bertz CT molecular complexity index is 512. The molecule has 0 unspecified atom stereocenters. The van der Waals surface area contributed by atoms with Crippen LogP contribution in [-0.4, -0.2) is 21.9 Å². The van der Waals surface area contributed by atoms with E-state index < -0.39 is 0 Å². The molecule has 0 spiro atoms. The summed E-state index contributed by atoms with van der Waals surface area (Å²) in [6.45, 7) is 0.